The molecule has 9 heteroatoms. The minimum atomic E-state index is -1.43. The second kappa shape index (κ2) is 7.92. The molecule has 3 N–H and O–H groups in total. The van der Waals surface area contributed by atoms with Crippen LogP contribution in [0.2, 0.25) is 0 Å². The SMILES string of the molecule is CN(C)CCCn1ncc2c1CCCc1c-2[nH]c(=O)c(C(=O)O)c1O.Cl. The first-order valence-corrected chi connectivity index (χ1v) is 8.31. The maximum atomic E-state index is 12.1. The van der Waals surface area contributed by atoms with Crippen LogP contribution in [0.15, 0.2) is 11.0 Å². The van der Waals surface area contributed by atoms with Crippen LogP contribution in [0.3, 0.4) is 0 Å². The van der Waals surface area contributed by atoms with Crippen LogP contribution in [0.25, 0.3) is 11.3 Å². The second-order valence-electron chi connectivity index (χ2n) is 6.57. The minimum absolute atomic E-state index is 0. The van der Waals surface area contributed by atoms with Crippen LogP contribution in [0.1, 0.15) is 34.5 Å². The van der Waals surface area contributed by atoms with Crippen molar-refractivity contribution in [3.05, 3.63) is 33.4 Å². The van der Waals surface area contributed by atoms with E-state index in [1.807, 2.05) is 18.8 Å². The Bertz CT molecular complexity index is 872. The highest BCUT2D eigenvalue weighted by Crippen LogP contribution is 2.35. The van der Waals surface area contributed by atoms with Crippen molar-refractivity contribution in [3.8, 4) is 17.0 Å². The van der Waals surface area contributed by atoms with Crippen LogP contribution in [0.4, 0.5) is 0 Å². The predicted octanol–water partition coefficient (Wildman–Crippen LogP) is 1.50. The number of aromatic carboxylic acids is 1. The number of aromatic nitrogens is 3. The zero-order valence-corrected chi connectivity index (χ0v) is 15.6. The fraction of sp³-hybridized carbons (Fsp3) is 0.471. The molecule has 0 amide bonds. The van der Waals surface area contributed by atoms with E-state index in [2.05, 4.69) is 15.0 Å². The molecule has 0 spiro atoms. The third-order valence-corrected chi connectivity index (χ3v) is 4.54. The third kappa shape index (κ3) is 3.61. The first-order chi connectivity index (χ1) is 11.9. The number of rotatable bonds is 5. The Balaban J connectivity index is 0.00000243. The van der Waals surface area contributed by atoms with E-state index in [1.54, 1.807) is 6.20 Å². The van der Waals surface area contributed by atoms with Crippen molar-refractivity contribution in [2.45, 2.75) is 32.2 Å². The quantitative estimate of drug-likeness (QED) is 0.722. The molecule has 2 aromatic rings. The number of hydrogen-bond acceptors (Lipinski definition) is 5. The maximum absolute atomic E-state index is 12.1. The van der Waals surface area contributed by atoms with E-state index in [9.17, 15) is 14.7 Å². The number of carboxylic acids is 1. The molecule has 0 fully saturated rings. The number of nitrogens with zero attached hydrogens (tertiary/aromatic N) is 3. The van der Waals surface area contributed by atoms with Crippen LogP contribution in [0, 0.1) is 0 Å². The third-order valence-electron chi connectivity index (χ3n) is 4.54. The van der Waals surface area contributed by atoms with Crippen LogP contribution in [-0.2, 0) is 19.4 Å². The van der Waals surface area contributed by atoms with Crippen molar-refractivity contribution in [2.75, 3.05) is 20.6 Å². The van der Waals surface area contributed by atoms with Gasteiger partial charge in [0.15, 0.2) is 5.56 Å². The van der Waals surface area contributed by atoms with Crippen LogP contribution >= 0.6 is 12.4 Å². The normalized spacial score (nSPS) is 12.9. The summed E-state index contributed by atoms with van der Waals surface area (Å²) in [5.41, 5.74) is 1.34. The highest BCUT2D eigenvalue weighted by molar-refractivity contribution is 5.92. The van der Waals surface area contributed by atoms with Gasteiger partial charge in [0, 0.05) is 23.4 Å². The van der Waals surface area contributed by atoms with Gasteiger partial charge in [-0.15, -0.1) is 12.4 Å². The first kappa shape index (κ1) is 20.0. The molecule has 3 rings (SSSR count). The van der Waals surface area contributed by atoms with Gasteiger partial charge in [0.2, 0.25) is 0 Å². The highest BCUT2D eigenvalue weighted by atomic mass is 35.5. The molecule has 0 saturated heterocycles. The van der Waals surface area contributed by atoms with Crippen molar-refractivity contribution in [2.24, 2.45) is 0 Å². The summed E-state index contributed by atoms with van der Waals surface area (Å²) in [6, 6.07) is 0. The standard InChI is InChI=1S/C17H22N4O4.ClH/c1-20(2)7-4-8-21-12-6-3-5-10-14(11(12)9-18-21)19-16(23)13(15(10)22)17(24)25;/h9H,3-8H2,1-2H3,(H,24,25)(H2,19,22,23);1H. The molecule has 0 atom stereocenters. The maximum Gasteiger partial charge on any atom is 0.345 e. The van der Waals surface area contributed by atoms with Crippen molar-refractivity contribution in [3.63, 3.8) is 0 Å². The lowest BCUT2D eigenvalue weighted by Gasteiger charge is -2.11. The average Bonchev–Trinajstić information content (AvgIpc) is 2.82. The van der Waals surface area contributed by atoms with Crippen LogP contribution in [-0.4, -0.2) is 56.5 Å². The fourth-order valence-electron chi connectivity index (χ4n) is 3.35. The number of carbonyl (C=O) groups is 1. The molecule has 0 unspecified atom stereocenters. The molecule has 142 valence electrons. The van der Waals surface area contributed by atoms with E-state index in [4.69, 9.17) is 5.11 Å². The summed E-state index contributed by atoms with van der Waals surface area (Å²) >= 11 is 0. The number of hydrogen-bond donors (Lipinski definition) is 3. The molecule has 0 saturated carbocycles. The molecule has 2 aromatic heterocycles. The van der Waals surface area contributed by atoms with Gasteiger partial charge >= 0.3 is 5.97 Å². The van der Waals surface area contributed by atoms with Crippen LogP contribution in [0.5, 0.6) is 5.75 Å². The van der Waals surface area contributed by atoms with E-state index >= 15 is 0 Å². The average molecular weight is 383 g/mol. The van der Waals surface area contributed by atoms with Gasteiger partial charge < -0.3 is 20.1 Å². The lowest BCUT2D eigenvalue weighted by Crippen LogP contribution is -2.19. The highest BCUT2D eigenvalue weighted by Gasteiger charge is 2.27. The monoisotopic (exact) mass is 382 g/mol. The Labute approximate surface area is 156 Å². The molecule has 8 nitrogen and oxygen atoms in total. The van der Waals surface area contributed by atoms with Gasteiger partial charge in [-0.25, -0.2) is 4.79 Å². The fourth-order valence-corrected chi connectivity index (χ4v) is 3.35. The van der Waals surface area contributed by atoms with Gasteiger partial charge in [-0.05, 0) is 46.3 Å². The number of aryl methyl sites for hydroxylation is 1. The number of aromatic amines is 1. The van der Waals surface area contributed by atoms with Gasteiger partial charge in [0.1, 0.15) is 5.75 Å². The molecule has 1 aliphatic rings. The number of H-pyrrole nitrogens is 1. The minimum Gasteiger partial charge on any atom is -0.506 e. The Morgan fingerprint density at radius 1 is 1.38 bits per heavy atom. The van der Waals surface area contributed by atoms with Gasteiger partial charge in [-0.1, -0.05) is 0 Å². The zero-order valence-electron chi connectivity index (χ0n) is 14.8. The summed E-state index contributed by atoms with van der Waals surface area (Å²) < 4.78 is 1.94. The van der Waals surface area contributed by atoms with E-state index in [0.717, 1.165) is 43.6 Å². The van der Waals surface area contributed by atoms with Gasteiger partial charge in [0.25, 0.3) is 5.56 Å². The van der Waals surface area contributed by atoms with E-state index in [0.29, 0.717) is 17.7 Å². The number of halogens is 1. The summed E-state index contributed by atoms with van der Waals surface area (Å²) in [5.74, 6) is -1.86. The molecular formula is C17H23ClN4O4. The van der Waals surface area contributed by atoms with Crippen molar-refractivity contribution >= 4 is 18.4 Å². The predicted molar refractivity (Wildman–Crippen MR) is 99.4 cm³/mol. The van der Waals surface area contributed by atoms with Crippen molar-refractivity contribution < 1.29 is 15.0 Å². The number of carboxylic acid groups (broad SMARTS) is 1. The lowest BCUT2D eigenvalue weighted by atomic mass is 10.0. The second-order valence-corrected chi connectivity index (χ2v) is 6.57. The number of pyridine rings is 1. The Kier molecular flexibility index (Phi) is 6.09. The topological polar surface area (TPSA) is 111 Å². The van der Waals surface area contributed by atoms with Gasteiger partial charge in [-0.2, -0.15) is 5.10 Å². The molecule has 0 aliphatic heterocycles. The number of nitrogens with one attached hydrogen (secondary N) is 1. The Morgan fingerprint density at radius 2 is 2.12 bits per heavy atom. The van der Waals surface area contributed by atoms with E-state index < -0.39 is 22.8 Å². The van der Waals surface area contributed by atoms with Gasteiger partial charge in [-0.3, -0.25) is 9.48 Å². The van der Waals surface area contributed by atoms with Gasteiger partial charge in [0.05, 0.1) is 11.9 Å². The summed E-state index contributed by atoms with van der Waals surface area (Å²) in [7, 11) is 4.04. The molecule has 2 heterocycles. The molecular weight excluding hydrogens is 360 g/mol. The molecule has 1 aliphatic carbocycles. The Morgan fingerprint density at radius 3 is 2.77 bits per heavy atom. The number of fused-ring (bicyclic) bond motifs is 3. The summed E-state index contributed by atoms with van der Waals surface area (Å²) in [5, 5.41) is 23.9. The molecule has 0 aromatic carbocycles. The van der Waals surface area contributed by atoms with E-state index in [1.165, 1.54) is 0 Å². The molecule has 0 bridgehead atoms. The number of aromatic hydroxyl groups is 1. The van der Waals surface area contributed by atoms with Crippen molar-refractivity contribution in [1.82, 2.24) is 19.7 Å². The Hall–Kier alpha value is -2.32. The van der Waals surface area contributed by atoms with Crippen molar-refractivity contribution in [1.29, 1.82) is 0 Å². The largest absolute Gasteiger partial charge is 0.506 e. The summed E-state index contributed by atoms with van der Waals surface area (Å²) in [6.07, 6.45) is 4.65. The zero-order chi connectivity index (χ0) is 18.1. The summed E-state index contributed by atoms with van der Waals surface area (Å²) in [6.45, 7) is 1.72. The summed E-state index contributed by atoms with van der Waals surface area (Å²) in [4.78, 5) is 28.1. The van der Waals surface area contributed by atoms with Crippen LogP contribution < -0.4 is 5.56 Å². The molecule has 0 radical (unpaired) electrons. The lowest BCUT2D eigenvalue weighted by molar-refractivity contribution is 0.0691. The van der Waals surface area contributed by atoms with E-state index in [-0.39, 0.29) is 12.4 Å². The first-order valence-electron chi connectivity index (χ1n) is 8.31. The smallest absolute Gasteiger partial charge is 0.345 e. The molecule has 26 heavy (non-hydrogen) atoms.